The van der Waals surface area contributed by atoms with Gasteiger partial charge >= 0.3 is 0 Å². The van der Waals surface area contributed by atoms with Crippen LogP contribution in [0.15, 0.2) is 41.9 Å². The summed E-state index contributed by atoms with van der Waals surface area (Å²) in [6.07, 6.45) is 3.85. The van der Waals surface area contributed by atoms with E-state index in [1.165, 1.54) is 16.2 Å². The molecule has 1 aromatic carbocycles. The predicted octanol–water partition coefficient (Wildman–Crippen LogP) is 5.72. The van der Waals surface area contributed by atoms with Crippen LogP contribution in [0.4, 0.5) is 0 Å². The van der Waals surface area contributed by atoms with Gasteiger partial charge in [-0.05, 0) is 62.0 Å². The van der Waals surface area contributed by atoms with Gasteiger partial charge in [-0.25, -0.2) is 4.98 Å². The van der Waals surface area contributed by atoms with Crippen LogP contribution < -0.4 is 16.0 Å². The number of hydrogen-bond acceptors (Lipinski definition) is 10. The van der Waals surface area contributed by atoms with E-state index >= 15 is 0 Å². The van der Waals surface area contributed by atoms with Gasteiger partial charge in [-0.3, -0.25) is 24.0 Å². The molecule has 3 rings (SSSR count). The molecule has 354 valence electrons. The molecule has 0 radical (unpaired) electrons. The Morgan fingerprint density at radius 2 is 1.56 bits per heavy atom. The standard InChI is InChI=1S/C48H79N7O7S/c1-15-32(8)42(54(12)48(60)40(30(4)5)52-45(58)41(31(6)7)53(11)47(59)36(49-10)26-29(2)3)38(61-13)28-39(56)55-24-19-22-37(55)43(62-14)33(9)44(57)51-35(46-50-23-25-63-46)27-34-20-17-16-18-21-34/h16-18,20-21,23,25,29-33,35-38,40-43,49H,15,19,22,24,26-28H2,1-14H3,(H,51,57)(H,52,58)/t32?,33-,35+,36+,37?,38-,40+,41+,42+,43-/m1/s1. The van der Waals surface area contributed by atoms with Gasteiger partial charge in [-0.1, -0.05) is 99.1 Å². The Balaban J connectivity index is 1.81. The van der Waals surface area contributed by atoms with Crippen molar-refractivity contribution < 1.29 is 33.4 Å². The van der Waals surface area contributed by atoms with Crippen molar-refractivity contribution in [1.29, 1.82) is 0 Å². The van der Waals surface area contributed by atoms with Crippen LogP contribution >= 0.6 is 11.3 Å². The van der Waals surface area contributed by atoms with E-state index in [0.29, 0.717) is 32.2 Å². The zero-order valence-corrected chi connectivity index (χ0v) is 41.4. The Morgan fingerprint density at radius 3 is 2.08 bits per heavy atom. The fourth-order valence-corrected chi connectivity index (χ4v) is 9.85. The summed E-state index contributed by atoms with van der Waals surface area (Å²) in [5.41, 5.74) is 1.08. The molecule has 2 aromatic rings. The monoisotopic (exact) mass is 898 g/mol. The highest BCUT2D eigenvalue weighted by Gasteiger charge is 2.44. The molecule has 2 heterocycles. The van der Waals surface area contributed by atoms with Crippen molar-refractivity contribution in [3.8, 4) is 0 Å². The van der Waals surface area contributed by atoms with Crippen molar-refractivity contribution in [2.45, 2.75) is 149 Å². The quantitative estimate of drug-likeness (QED) is 0.113. The van der Waals surface area contributed by atoms with E-state index in [4.69, 9.17) is 9.47 Å². The molecule has 14 nitrogen and oxygen atoms in total. The molecule has 5 amide bonds. The number of likely N-dealkylation sites (tertiary alicyclic amines) is 1. The molecule has 0 saturated carbocycles. The summed E-state index contributed by atoms with van der Waals surface area (Å²) in [7, 11) is 8.26. The van der Waals surface area contributed by atoms with Gasteiger partial charge < -0.3 is 40.1 Å². The number of rotatable bonds is 25. The average molecular weight is 898 g/mol. The van der Waals surface area contributed by atoms with Gasteiger partial charge in [0.1, 0.15) is 17.1 Å². The molecule has 63 heavy (non-hydrogen) atoms. The molecular weight excluding hydrogens is 819 g/mol. The summed E-state index contributed by atoms with van der Waals surface area (Å²) < 4.78 is 12.2. The zero-order valence-electron chi connectivity index (χ0n) is 40.6. The first-order valence-electron chi connectivity index (χ1n) is 22.9. The highest BCUT2D eigenvalue weighted by Crippen LogP contribution is 2.31. The molecule has 1 fully saturated rings. The van der Waals surface area contributed by atoms with Crippen LogP contribution in [-0.2, 0) is 39.9 Å². The largest absolute Gasteiger partial charge is 0.379 e. The molecule has 0 bridgehead atoms. The molecule has 0 spiro atoms. The first-order chi connectivity index (χ1) is 29.8. The number of benzene rings is 1. The number of thiazole rings is 1. The Morgan fingerprint density at radius 1 is 0.889 bits per heavy atom. The van der Waals surface area contributed by atoms with E-state index in [2.05, 4.69) is 20.9 Å². The molecule has 15 heteroatoms. The summed E-state index contributed by atoms with van der Waals surface area (Å²) in [4.78, 5) is 80.2. The van der Waals surface area contributed by atoms with Gasteiger partial charge in [-0.15, -0.1) is 11.3 Å². The van der Waals surface area contributed by atoms with Crippen LogP contribution in [0.3, 0.4) is 0 Å². The number of carbonyl (C=O) groups excluding carboxylic acids is 5. The van der Waals surface area contributed by atoms with Crippen LogP contribution in [-0.4, -0.2) is 134 Å². The van der Waals surface area contributed by atoms with Crippen molar-refractivity contribution in [3.05, 3.63) is 52.5 Å². The van der Waals surface area contributed by atoms with Crippen LogP contribution in [0.2, 0.25) is 0 Å². The minimum atomic E-state index is -0.899. The molecule has 1 aliphatic rings. The van der Waals surface area contributed by atoms with Gasteiger partial charge in [-0.2, -0.15) is 0 Å². The number of likely N-dealkylation sites (N-methyl/N-ethyl adjacent to an activating group) is 3. The van der Waals surface area contributed by atoms with Gasteiger partial charge in [0.15, 0.2) is 0 Å². The van der Waals surface area contributed by atoms with E-state index in [0.717, 1.165) is 17.0 Å². The second kappa shape index (κ2) is 25.5. The van der Waals surface area contributed by atoms with Crippen molar-refractivity contribution in [3.63, 3.8) is 0 Å². The van der Waals surface area contributed by atoms with E-state index in [1.807, 2.05) is 103 Å². The number of nitrogens with one attached hydrogen (secondary N) is 3. The number of hydrogen-bond donors (Lipinski definition) is 3. The van der Waals surface area contributed by atoms with E-state index in [-0.39, 0.29) is 65.8 Å². The third-order valence-electron chi connectivity index (χ3n) is 12.9. The molecule has 3 N–H and O–H groups in total. The Kier molecular flexibility index (Phi) is 21.7. The fourth-order valence-electron chi connectivity index (χ4n) is 9.16. The van der Waals surface area contributed by atoms with Crippen molar-refractivity contribution in [2.75, 3.05) is 41.9 Å². The maximum atomic E-state index is 14.6. The molecule has 0 aliphatic carbocycles. The lowest BCUT2D eigenvalue weighted by Crippen LogP contribution is -2.61. The highest BCUT2D eigenvalue weighted by molar-refractivity contribution is 7.09. The minimum Gasteiger partial charge on any atom is -0.379 e. The van der Waals surface area contributed by atoms with Gasteiger partial charge in [0.05, 0.1) is 48.7 Å². The summed E-state index contributed by atoms with van der Waals surface area (Å²) in [5.74, 6) is -2.09. The van der Waals surface area contributed by atoms with Crippen molar-refractivity contribution in [2.24, 2.45) is 29.6 Å². The topological polar surface area (TPSA) is 163 Å². The smallest absolute Gasteiger partial charge is 0.245 e. The molecule has 1 aromatic heterocycles. The van der Waals surface area contributed by atoms with Crippen LogP contribution in [0.25, 0.3) is 0 Å². The second-order valence-electron chi connectivity index (χ2n) is 18.5. The Bertz CT molecular complexity index is 1730. The fraction of sp³-hybridized carbons (Fsp3) is 0.708. The SMILES string of the molecule is CCC(C)[C@@H]([C@@H](CC(=O)N1CCCC1[C@H](OC)[C@@H](C)C(=O)N[C@@H](Cc1ccccc1)c1nccs1)OC)N(C)C(=O)[C@@H](NC(=O)[C@H](C(C)C)N(C)C(=O)[C@H](CC(C)C)NC)C(C)C. The number of amides is 5. The number of carbonyl (C=O) groups is 5. The van der Waals surface area contributed by atoms with Gasteiger partial charge in [0.2, 0.25) is 29.5 Å². The summed E-state index contributed by atoms with van der Waals surface area (Å²) in [6.45, 7) is 18.1. The third-order valence-corrected chi connectivity index (χ3v) is 13.7. The maximum absolute atomic E-state index is 14.6. The lowest BCUT2D eigenvalue weighted by molar-refractivity contribution is -0.149. The van der Waals surface area contributed by atoms with E-state index < -0.39 is 48.2 Å². The van der Waals surface area contributed by atoms with Crippen molar-refractivity contribution in [1.82, 2.24) is 35.6 Å². The Hall–Kier alpha value is -3.92. The lowest BCUT2D eigenvalue weighted by Gasteiger charge is -2.41. The third kappa shape index (κ3) is 14.3. The lowest BCUT2D eigenvalue weighted by atomic mass is 9.89. The molecular formula is C48H79N7O7S. The summed E-state index contributed by atoms with van der Waals surface area (Å²) in [5, 5.41) is 12.1. The molecule has 2 unspecified atom stereocenters. The first kappa shape index (κ1) is 53.4. The zero-order chi connectivity index (χ0) is 47.1. The minimum absolute atomic E-state index is 0.00385. The van der Waals surface area contributed by atoms with Gasteiger partial charge in [0.25, 0.3) is 0 Å². The summed E-state index contributed by atoms with van der Waals surface area (Å²) in [6, 6.07) is 6.66. The maximum Gasteiger partial charge on any atom is 0.245 e. The molecule has 10 atom stereocenters. The van der Waals surface area contributed by atoms with Crippen LogP contribution in [0.5, 0.6) is 0 Å². The van der Waals surface area contributed by atoms with E-state index in [9.17, 15) is 24.0 Å². The van der Waals surface area contributed by atoms with E-state index in [1.54, 1.807) is 46.5 Å². The van der Waals surface area contributed by atoms with Crippen LogP contribution in [0, 0.1) is 29.6 Å². The van der Waals surface area contributed by atoms with Crippen molar-refractivity contribution >= 4 is 40.9 Å². The summed E-state index contributed by atoms with van der Waals surface area (Å²) >= 11 is 1.50. The Labute approximate surface area is 382 Å². The number of nitrogens with zero attached hydrogens (tertiary/aromatic N) is 4. The molecule has 1 saturated heterocycles. The van der Waals surface area contributed by atoms with Gasteiger partial charge in [0, 0.05) is 46.4 Å². The number of ether oxygens (including phenoxy) is 2. The predicted molar refractivity (Wildman–Crippen MR) is 250 cm³/mol. The number of methoxy groups -OCH3 is 2. The average Bonchev–Trinajstić information content (AvgIpc) is 3.98. The van der Waals surface area contributed by atoms with Crippen LogP contribution in [0.1, 0.15) is 111 Å². The highest BCUT2D eigenvalue weighted by atomic mass is 32.1. The number of aromatic nitrogens is 1. The second-order valence-corrected chi connectivity index (χ2v) is 19.5. The first-order valence-corrected chi connectivity index (χ1v) is 23.8. The molecule has 1 aliphatic heterocycles. The normalized spacial score (nSPS) is 18.6.